The van der Waals surface area contributed by atoms with E-state index in [-0.39, 0.29) is 0 Å². The standard InChI is InChI=1S/C16H17BrClN/c1-12-4-2-3-5-13(12)8-9-19-11-14-6-7-15(17)10-16(14)18/h2-7,10,19H,8-9,11H2,1H3. The Balaban J connectivity index is 1.83. The molecule has 1 nitrogen and oxygen atoms in total. The Kier molecular flexibility index (Phi) is 5.44. The van der Waals surface area contributed by atoms with E-state index in [1.807, 2.05) is 18.2 Å². The van der Waals surface area contributed by atoms with Crippen LogP contribution in [-0.2, 0) is 13.0 Å². The summed E-state index contributed by atoms with van der Waals surface area (Å²) in [4.78, 5) is 0. The molecule has 0 aromatic heterocycles. The molecular formula is C16H17BrClN. The zero-order chi connectivity index (χ0) is 13.7. The van der Waals surface area contributed by atoms with Crippen LogP contribution < -0.4 is 5.32 Å². The van der Waals surface area contributed by atoms with Crippen molar-refractivity contribution in [3.63, 3.8) is 0 Å². The fraction of sp³-hybridized carbons (Fsp3) is 0.250. The summed E-state index contributed by atoms with van der Waals surface area (Å²) in [5.41, 5.74) is 3.89. The molecule has 0 aliphatic carbocycles. The number of benzene rings is 2. The van der Waals surface area contributed by atoms with Crippen LogP contribution in [-0.4, -0.2) is 6.54 Å². The van der Waals surface area contributed by atoms with E-state index >= 15 is 0 Å². The summed E-state index contributed by atoms with van der Waals surface area (Å²) in [5, 5.41) is 4.24. The summed E-state index contributed by atoms with van der Waals surface area (Å²) in [6, 6.07) is 14.5. The maximum atomic E-state index is 6.18. The van der Waals surface area contributed by atoms with Crippen LogP contribution in [0.4, 0.5) is 0 Å². The molecule has 0 radical (unpaired) electrons. The lowest BCUT2D eigenvalue weighted by Crippen LogP contribution is -2.17. The van der Waals surface area contributed by atoms with Gasteiger partial charge in [-0.2, -0.15) is 0 Å². The molecule has 100 valence electrons. The summed E-state index contributed by atoms with van der Waals surface area (Å²) < 4.78 is 1.01. The smallest absolute Gasteiger partial charge is 0.0462 e. The van der Waals surface area contributed by atoms with Gasteiger partial charge < -0.3 is 5.32 Å². The lowest BCUT2D eigenvalue weighted by Gasteiger charge is -2.08. The summed E-state index contributed by atoms with van der Waals surface area (Å²) in [6.45, 7) is 3.91. The van der Waals surface area contributed by atoms with E-state index in [2.05, 4.69) is 52.4 Å². The van der Waals surface area contributed by atoms with Crippen molar-refractivity contribution >= 4 is 27.5 Å². The molecule has 0 spiro atoms. The zero-order valence-corrected chi connectivity index (χ0v) is 13.3. The Hall–Kier alpha value is -0.830. The molecule has 0 heterocycles. The van der Waals surface area contributed by atoms with Crippen molar-refractivity contribution in [1.29, 1.82) is 0 Å². The fourth-order valence-electron chi connectivity index (χ4n) is 2.00. The molecule has 0 saturated heterocycles. The average Bonchev–Trinajstić information content (AvgIpc) is 2.38. The van der Waals surface area contributed by atoms with Gasteiger partial charge >= 0.3 is 0 Å². The van der Waals surface area contributed by atoms with Gasteiger partial charge in [-0.05, 0) is 48.7 Å². The Morgan fingerprint density at radius 1 is 1.11 bits per heavy atom. The second-order valence-electron chi connectivity index (χ2n) is 4.59. The van der Waals surface area contributed by atoms with Gasteiger partial charge in [0.2, 0.25) is 0 Å². The van der Waals surface area contributed by atoms with E-state index in [4.69, 9.17) is 11.6 Å². The van der Waals surface area contributed by atoms with E-state index < -0.39 is 0 Å². The molecule has 3 heteroatoms. The van der Waals surface area contributed by atoms with E-state index in [9.17, 15) is 0 Å². The average molecular weight is 339 g/mol. The molecular weight excluding hydrogens is 322 g/mol. The zero-order valence-electron chi connectivity index (χ0n) is 10.9. The number of hydrogen-bond acceptors (Lipinski definition) is 1. The highest BCUT2D eigenvalue weighted by Gasteiger charge is 2.01. The second-order valence-corrected chi connectivity index (χ2v) is 5.91. The molecule has 2 aromatic carbocycles. The van der Waals surface area contributed by atoms with E-state index in [0.717, 1.165) is 34.6 Å². The molecule has 0 fully saturated rings. The highest BCUT2D eigenvalue weighted by atomic mass is 79.9. The number of aryl methyl sites for hydroxylation is 1. The van der Waals surface area contributed by atoms with Crippen LogP contribution in [0.15, 0.2) is 46.9 Å². The Bertz CT molecular complexity index is 554. The minimum Gasteiger partial charge on any atom is -0.312 e. The first-order chi connectivity index (χ1) is 9.16. The summed E-state index contributed by atoms with van der Waals surface area (Å²) >= 11 is 9.59. The summed E-state index contributed by atoms with van der Waals surface area (Å²) in [6.07, 6.45) is 1.04. The molecule has 0 saturated carbocycles. The van der Waals surface area contributed by atoms with E-state index in [0.29, 0.717) is 0 Å². The van der Waals surface area contributed by atoms with Crippen LogP contribution in [0.5, 0.6) is 0 Å². The minimum absolute atomic E-state index is 0.803. The van der Waals surface area contributed by atoms with Crippen LogP contribution >= 0.6 is 27.5 Å². The number of hydrogen-bond donors (Lipinski definition) is 1. The van der Waals surface area contributed by atoms with Crippen molar-refractivity contribution in [1.82, 2.24) is 5.32 Å². The normalized spacial score (nSPS) is 10.7. The molecule has 2 rings (SSSR count). The van der Waals surface area contributed by atoms with E-state index in [1.54, 1.807) is 0 Å². The Labute approximate surface area is 128 Å². The first-order valence-electron chi connectivity index (χ1n) is 6.36. The van der Waals surface area contributed by atoms with Gasteiger partial charge in [-0.15, -0.1) is 0 Å². The molecule has 0 atom stereocenters. The molecule has 19 heavy (non-hydrogen) atoms. The van der Waals surface area contributed by atoms with Crippen LogP contribution in [0, 0.1) is 6.92 Å². The summed E-state index contributed by atoms with van der Waals surface area (Å²) in [7, 11) is 0. The minimum atomic E-state index is 0.803. The maximum Gasteiger partial charge on any atom is 0.0462 e. The highest BCUT2D eigenvalue weighted by Crippen LogP contribution is 2.21. The third-order valence-corrected chi connectivity index (χ3v) is 4.01. The lowest BCUT2D eigenvalue weighted by molar-refractivity contribution is 0.685. The molecule has 0 bridgehead atoms. The van der Waals surface area contributed by atoms with Crippen molar-refractivity contribution in [3.05, 3.63) is 68.7 Å². The van der Waals surface area contributed by atoms with Crippen molar-refractivity contribution in [3.8, 4) is 0 Å². The van der Waals surface area contributed by atoms with Crippen molar-refractivity contribution < 1.29 is 0 Å². The molecule has 2 aromatic rings. The van der Waals surface area contributed by atoms with Crippen LogP contribution in [0.1, 0.15) is 16.7 Å². The predicted molar refractivity (Wildman–Crippen MR) is 85.7 cm³/mol. The Morgan fingerprint density at radius 3 is 2.63 bits per heavy atom. The number of rotatable bonds is 5. The second kappa shape index (κ2) is 7.09. The van der Waals surface area contributed by atoms with Crippen molar-refractivity contribution in [2.45, 2.75) is 19.9 Å². The van der Waals surface area contributed by atoms with Gasteiger partial charge in [0.15, 0.2) is 0 Å². The number of halogens is 2. The SMILES string of the molecule is Cc1ccccc1CCNCc1ccc(Br)cc1Cl. The maximum absolute atomic E-state index is 6.18. The van der Waals surface area contributed by atoms with E-state index in [1.165, 1.54) is 11.1 Å². The largest absolute Gasteiger partial charge is 0.312 e. The topological polar surface area (TPSA) is 12.0 Å². The van der Waals surface area contributed by atoms with Crippen LogP contribution in [0.3, 0.4) is 0 Å². The van der Waals surface area contributed by atoms with Gasteiger partial charge in [0.25, 0.3) is 0 Å². The molecule has 0 unspecified atom stereocenters. The molecule has 0 aliphatic rings. The molecule has 1 N–H and O–H groups in total. The van der Waals surface area contributed by atoms with Crippen LogP contribution in [0.2, 0.25) is 5.02 Å². The van der Waals surface area contributed by atoms with Crippen molar-refractivity contribution in [2.75, 3.05) is 6.54 Å². The van der Waals surface area contributed by atoms with Crippen molar-refractivity contribution in [2.24, 2.45) is 0 Å². The Morgan fingerprint density at radius 2 is 1.89 bits per heavy atom. The van der Waals surface area contributed by atoms with Gasteiger partial charge in [0.05, 0.1) is 0 Å². The van der Waals surface area contributed by atoms with Crippen LogP contribution in [0.25, 0.3) is 0 Å². The van der Waals surface area contributed by atoms with Gasteiger partial charge in [-0.3, -0.25) is 0 Å². The summed E-state index contributed by atoms with van der Waals surface area (Å²) in [5.74, 6) is 0. The van der Waals surface area contributed by atoms with Gasteiger partial charge in [0.1, 0.15) is 0 Å². The fourth-order valence-corrected chi connectivity index (χ4v) is 2.74. The quantitative estimate of drug-likeness (QED) is 0.776. The predicted octanol–water partition coefficient (Wildman–Crippen LogP) is 4.74. The van der Waals surface area contributed by atoms with Gasteiger partial charge in [0, 0.05) is 16.0 Å². The molecule has 0 aliphatic heterocycles. The highest BCUT2D eigenvalue weighted by molar-refractivity contribution is 9.10. The van der Waals surface area contributed by atoms with Gasteiger partial charge in [-0.1, -0.05) is 57.9 Å². The first kappa shape index (κ1) is 14.6. The third kappa shape index (κ3) is 4.34. The molecule has 0 amide bonds. The first-order valence-corrected chi connectivity index (χ1v) is 7.53. The monoisotopic (exact) mass is 337 g/mol. The number of nitrogens with one attached hydrogen (secondary N) is 1. The van der Waals surface area contributed by atoms with Gasteiger partial charge in [-0.25, -0.2) is 0 Å². The third-order valence-electron chi connectivity index (χ3n) is 3.16. The lowest BCUT2D eigenvalue weighted by atomic mass is 10.1.